The summed E-state index contributed by atoms with van der Waals surface area (Å²) in [6.45, 7) is 13.4. The van der Waals surface area contributed by atoms with E-state index >= 15 is 8.78 Å². The summed E-state index contributed by atoms with van der Waals surface area (Å²) in [5.74, 6) is -7.66. The third kappa shape index (κ3) is 16.3. The zero-order valence-corrected chi connectivity index (χ0v) is 48.8. The lowest BCUT2D eigenvalue weighted by atomic mass is 9.90. The van der Waals surface area contributed by atoms with E-state index in [9.17, 15) is 38.4 Å². The molecule has 0 aromatic heterocycles. The molecule has 20 heteroatoms. The second kappa shape index (κ2) is 26.7. The Morgan fingerprint density at radius 3 is 1.26 bits per heavy atom. The van der Waals surface area contributed by atoms with E-state index in [1.807, 2.05) is 24.3 Å². The summed E-state index contributed by atoms with van der Waals surface area (Å²) in [5, 5.41) is 0. The molecule has 0 unspecified atom stereocenters. The van der Waals surface area contributed by atoms with Crippen LogP contribution in [0.15, 0.2) is 48.5 Å². The maximum absolute atomic E-state index is 15.8. The molecule has 4 fully saturated rings. The molecule has 2 aromatic carbocycles. The number of nitrogens with zero attached hydrogens (tertiary/aromatic N) is 4. The van der Waals surface area contributed by atoms with Crippen molar-refractivity contribution in [2.24, 2.45) is 5.92 Å². The lowest BCUT2D eigenvalue weighted by Crippen LogP contribution is -2.55. The fraction of sp³-hybridized carbons (Fsp3) is 0.667. The van der Waals surface area contributed by atoms with Crippen LogP contribution >= 0.6 is 0 Å². The van der Waals surface area contributed by atoms with Gasteiger partial charge in [0.25, 0.3) is 23.6 Å². The van der Waals surface area contributed by atoms with Crippen molar-refractivity contribution in [2.75, 3.05) is 54.6 Å². The molecule has 7 atom stereocenters. The molecule has 1 aliphatic carbocycles. The minimum Gasteiger partial charge on any atom is -0.451 e. The molecule has 4 amide bonds. The zero-order chi connectivity index (χ0) is 59.0. The predicted octanol–water partition coefficient (Wildman–Crippen LogP) is 6.75. The minimum absolute atomic E-state index is 0.000782. The topological polar surface area (TPSA) is 205 Å². The average Bonchev–Trinajstić information content (AvgIpc) is 4.33. The first-order valence-electron chi connectivity index (χ1n) is 28.1. The Morgan fingerprint density at radius 2 is 0.887 bits per heavy atom. The number of carbonyl (C=O) groups is 8. The van der Waals surface area contributed by atoms with Crippen LogP contribution in [0.2, 0.25) is 0 Å². The minimum atomic E-state index is -2.10. The first-order chi connectivity index (χ1) is 37.5. The van der Waals surface area contributed by atoms with Gasteiger partial charge in [0, 0.05) is 80.3 Å². The van der Waals surface area contributed by atoms with Crippen molar-refractivity contribution >= 4 is 47.5 Å². The van der Waals surface area contributed by atoms with E-state index in [4.69, 9.17) is 28.4 Å². The van der Waals surface area contributed by atoms with E-state index in [0.717, 1.165) is 56.4 Å². The number of carbonyl (C=O) groups excluding carboxylic acids is 8. The van der Waals surface area contributed by atoms with Crippen molar-refractivity contribution in [3.63, 3.8) is 0 Å². The summed E-state index contributed by atoms with van der Waals surface area (Å²) < 4.78 is 66.4. The number of hydrogen-bond acceptors (Lipinski definition) is 14. The smallest absolute Gasteiger partial charge is 0.332 e. The highest BCUT2D eigenvalue weighted by Gasteiger charge is 2.58. The molecule has 18 nitrogen and oxygen atoms in total. The van der Waals surface area contributed by atoms with Gasteiger partial charge in [-0.05, 0) is 126 Å². The van der Waals surface area contributed by atoms with E-state index in [2.05, 4.69) is 0 Å². The standard InChI is InChI=1S/C60H84F2N4O14/c1-36(2)31-45-54(71)77-37(3)50(67)64(10)47(35-59(7,8)62)56(73)80-49(33-40-15-19-42(20-16-40)44-23-29-76-30-24-44)53(70)66(12)60(25-26-60)57(74)78-38(4)51(68)65(11)46(34-58(5,6)61)55(72)79-48(52(69)63(45)9)32-39-13-17-41(18-14-39)43-21-27-75-28-22-43/h13-20,36-38,43-49H,21-35H2,1-12H3/t37-,38-,45+,46+,47+,48-,49-/m1/s1. The van der Waals surface area contributed by atoms with Gasteiger partial charge in [-0.1, -0.05) is 62.4 Å². The van der Waals surface area contributed by atoms with Crippen LogP contribution in [0.25, 0.3) is 0 Å². The number of hydrogen-bond donors (Lipinski definition) is 0. The molecule has 3 heterocycles. The molecule has 80 heavy (non-hydrogen) atoms. The van der Waals surface area contributed by atoms with Crippen molar-refractivity contribution in [3.05, 3.63) is 70.8 Å². The molecule has 3 saturated heterocycles. The second-order valence-corrected chi connectivity index (χ2v) is 23.9. The van der Waals surface area contributed by atoms with Crippen molar-refractivity contribution in [1.29, 1.82) is 0 Å². The summed E-state index contributed by atoms with van der Waals surface area (Å²) in [6, 6.07) is 10.1. The monoisotopic (exact) mass is 1120 g/mol. The molecule has 2 aromatic rings. The number of likely N-dealkylation sites (N-methyl/N-ethyl adjacent to an activating group) is 4. The van der Waals surface area contributed by atoms with Crippen LogP contribution in [0, 0.1) is 5.92 Å². The summed E-state index contributed by atoms with van der Waals surface area (Å²) in [7, 11) is 5.09. The molecule has 0 bridgehead atoms. The summed E-state index contributed by atoms with van der Waals surface area (Å²) in [5.41, 5.74) is -2.59. The van der Waals surface area contributed by atoms with Gasteiger partial charge in [0.05, 0.1) is 0 Å². The molecule has 442 valence electrons. The Bertz CT molecular complexity index is 2500. The Labute approximate surface area is 469 Å². The van der Waals surface area contributed by atoms with Gasteiger partial charge in [-0.3, -0.25) is 19.2 Å². The highest BCUT2D eigenvalue weighted by molar-refractivity contribution is 5.96. The first-order valence-corrected chi connectivity index (χ1v) is 28.1. The van der Waals surface area contributed by atoms with E-state index < -0.39 is 120 Å². The van der Waals surface area contributed by atoms with Gasteiger partial charge < -0.3 is 48.0 Å². The molecule has 3 aliphatic heterocycles. The Kier molecular flexibility index (Phi) is 21.1. The number of rotatable bonds is 12. The van der Waals surface area contributed by atoms with Gasteiger partial charge in [-0.25, -0.2) is 28.0 Å². The maximum atomic E-state index is 15.8. The largest absolute Gasteiger partial charge is 0.451 e. The lowest BCUT2D eigenvalue weighted by molar-refractivity contribution is -0.177. The summed E-state index contributed by atoms with van der Waals surface area (Å²) >= 11 is 0. The highest BCUT2D eigenvalue weighted by Crippen LogP contribution is 2.43. The quantitative estimate of drug-likeness (QED) is 0.159. The number of ether oxygens (including phenoxy) is 6. The molecular weight excluding hydrogens is 1040 g/mol. The fourth-order valence-corrected chi connectivity index (χ4v) is 10.8. The van der Waals surface area contributed by atoms with Crippen LogP contribution < -0.4 is 0 Å². The van der Waals surface area contributed by atoms with Crippen LogP contribution in [0.1, 0.15) is 147 Å². The second-order valence-electron chi connectivity index (χ2n) is 23.9. The van der Waals surface area contributed by atoms with E-state index in [1.165, 1.54) is 69.7 Å². The average molecular weight is 1120 g/mol. The molecule has 1 spiro atoms. The Hall–Kier alpha value is -6.02. The van der Waals surface area contributed by atoms with Crippen molar-refractivity contribution < 1.29 is 75.6 Å². The van der Waals surface area contributed by atoms with Gasteiger partial charge in [0.15, 0.2) is 24.4 Å². The molecular formula is C60H84F2N4O14. The van der Waals surface area contributed by atoms with Crippen molar-refractivity contribution in [3.8, 4) is 0 Å². The summed E-state index contributed by atoms with van der Waals surface area (Å²) in [6.07, 6.45) is -4.74. The number of alkyl halides is 2. The Morgan fingerprint density at radius 1 is 0.525 bits per heavy atom. The van der Waals surface area contributed by atoms with E-state index in [-0.39, 0.29) is 49.9 Å². The van der Waals surface area contributed by atoms with Crippen molar-refractivity contribution in [2.45, 2.75) is 197 Å². The normalized spacial score (nSPS) is 26.5. The number of halogens is 2. The van der Waals surface area contributed by atoms with Gasteiger partial charge >= 0.3 is 23.9 Å². The van der Waals surface area contributed by atoms with Crippen LogP contribution in [0.3, 0.4) is 0 Å². The number of cyclic esters (lactones) is 4. The van der Waals surface area contributed by atoms with E-state index in [0.29, 0.717) is 37.6 Å². The molecule has 6 rings (SSSR count). The predicted molar refractivity (Wildman–Crippen MR) is 290 cm³/mol. The third-order valence-electron chi connectivity index (χ3n) is 15.9. The van der Waals surface area contributed by atoms with Crippen LogP contribution in [-0.4, -0.2) is 181 Å². The van der Waals surface area contributed by atoms with Crippen molar-refractivity contribution in [1.82, 2.24) is 19.6 Å². The number of amides is 4. The molecule has 1 saturated carbocycles. The van der Waals surface area contributed by atoms with Crippen LogP contribution in [0.4, 0.5) is 8.78 Å². The Balaban J connectivity index is 1.40. The fourth-order valence-electron chi connectivity index (χ4n) is 10.8. The molecule has 0 N–H and O–H groups in total. The first kappa shape index (κ1) is 63.2. The third-order valence-corrected chi connectivity index (χ3v) is 15.9. The number of esters is 4. The lowest BCUT2D eigenvalue weighted by Gasteiger charge is -2.36. The highest BCUT2D eigenvalue weighted by atomic mass is 19.1. The van der Waals surface area contributed by atoms with Crippen LogP contribution in [-0.2, 0) is 79.6 Å². The van der Waals surface area contributed by atoms with Gasteiger partial charge in [0.2, 0.25) is 0 Å². The van der Waals surface area contributed by atoms with Gasteiger partial charge in [-0.2, -0.15) is 0 Å². The number of benzene rings is 2. The maximum Gasteiger partial charge on any atom is 0.332 e. The summed E-state index contributed by atoms with van der Waals surface area (Å²) in [4.78, 5) is 121. The van der Waals surface area contributed by atoms with Gasteiger partial charge in [-0.15, -0.1) is 0 Å². The van der Waals surface area contributed by atoms with Gasteiger partial charge in [0.1, 0.15) is 35.0 Å². The van der Waals surface area contributed by atoms with E-state index in [1.54, 1.807) is 38.1 Å². The molecule has 4 aliphatic rings. The SMILES string of the molecule is CC(C)C[C@H]1C(=O)O[C@H](C)C(=O)N(C)[C@@H](CC(C)(C)F)C(=O)O[C@H](Cc2ccc(C3CCOCC3)cc2)C(=O)N(C)C2(CC2)C(=O)O[C@H](C)C(=O)N(C)[C@@H](CC(C)(C)F)C(=O)O[C@H](Cc2ccc(C3CCOCC3)cc2)C(=O)N1C. The van der Waals surface area contributed by atoms with Crippen LogP contribution in [0.5, 0.6) is 0 Å². The zero-order valence-electron chi connectivity index (χ0n) is 48.8. The molecule has 0 radical (unpaired) electrons.